The van der Waals surface area contributed by atoms with Crippen LogP contribution in [0.3, 0.4) is 0 Å². The number of rotatable bonds is 4. The molecular formula is C20H25F3N4O. The number of likely N-dealkylation sites (tertiary alicyclic amines) is 1. The number of aromatic nitrogens is 2. The summed E-state index contributed by atoms with van der Waals surface area (Å²) >= 11 is 0. The van der Waals surface area contributed by atoms with Crippen LogP contribution >= 0.6 is 0 Å². The van der Waals surface area contributed by atoms with Gasteiger partial charge in [-0.15, -0.1) is 10.2 Å². The molecule has 28 heavy (non-hydrogen) atoms. The molecule has 0 bridgehead atoms. The molecule has 1 atom stereocenters. The number of halogens is 3. The molecule has 0 unspecified atom stereocenters. The number of nitrogens with zero attached hydrogens (tertiary/aromatic N) is 3. The van der Waals surface area contributed by atoms with Crippen LogP contribution in [-0.4, -0.2) is 45.9 Å². The van der Waals surface area contributed by atoms with Gasteiger partial charge >= 0.3 is 6.18 Å². The van der Waals surface area contributed by atoms with Crippen LogP contribution in [0.2, 0.25) is 0 Å². The van der Waals surface area contributed by atoms with E-state index in [1.165, 1.54) is 6.92 Å². The quantitative estimate of drug-likeness (QED) is 0.806. The monoisotopic (exact) mass is 394 g/mol. The molecule has 1 aliphatic heterocycles. The molecule has 8 heteroatoms. The summed E-state index contributed by atoms with van der Waals surface area (Å²) in [6.45, 7) is 8.59. The maximum absolute atomic E-state index is 12.9. The Morgan fingerprint density at radius 1 is 1.18 bits per heavy atom. The number of hydrogen-bond donors (Lipinski definition) is 2. The number of benzene rings is 1. The van der Waals surface area contributed by atoms with E-state index in [0.29, 0.717) is 17.1 Å². The van der Waals surface area contributed by atoms with E-state index in [0.717, 1.165) is 50.2 Å². The lowest BCUT2D eigenvalue weighted by Gasteiger charge is -2.32. The second-order valence-electron chi connectivity index (χ2n) is 7.32. The van der Waals surface area contributed by atoms with Gasteiger partial charge in [-0.25, -0.2) is 0 Å². The zero-order valence-corrected chi connectivity index (χ0v) is 16.3. The van der Waals surface area contributed by atoms with Crippen molar-refractivity contribution >= 4 is 5.82 Å². The van der Waals surface area contributed by atoms with E-state index >= 15 is 0 Å². The summed E-state index contributed by atoms with van der Waals surface area (Å²) in [5.74, 6) is 0.211. The van der Waals surface area contributed by atoms with E-state index in [-0.39, 0.29) is 11.6 Å². The molecule has 1 saturated heterocycles. The zero-order chi connectivity index (χ0) is 20.5. The van der Waals surface area contributed by atoms with Crippen LogP contribution in [0.25, 0.3) is 11.3 Å². The van der Waals surface area contributed by atoms with Crippen LogP contribution in [0.5, 0.6) is 5.75 Å². The normalized spacial score (nSPS) is 18.3. The van der Waals surface area contributed by atoms with Crippen molar-refractivity contribution in [2.45, 2.75) is 45.8 Å². The fourth-order valence-electron chi connectivity index (χ4n) is 3.67. The molecule has 5 nitrogen and oxygen atoms in total. The first-order valence-corrected chi connectivity index (χ1v) is 9.43. The summed E-state index contributed by atoms with van der Waals surface area (Å²) in [7, 11) is 0. The number of hydrogen-bond acceptors (Lipinski definition) is 5. The Labute approximate surface area is 162 Å². The van der Waals surface area contributed by atoms with E-state index in [1.54, 1.807) is 6.07 Å². The Hall–Kier alpha value is -2.35. The highest BCUT2D eigenvalue weighted by molar-refractivity contribution is 5.72. The molecule has 3 rings (SSSR count). The molecule has 0 amide bonds. The van der Waals surface area contributed by atoms with Crippen molar-refractivity contribution in [2.24, 2.45) is 0 Å². The lowest BCUT2D eigenvalue weighted by Crippen LogP contribution is -2.42. The first-order chi connectivity index (χ1) is 13.2. The lowest BCUT2D eigenvalue weighted by molar-refractivity contribution is -0.137. The zero-order valence-electron chi connectivity index (χ0n) is 16.3. The van der Waals surface area contributed by atoms with Crippen LogP contribution < -0.4 is 5.32 Å². The first kappa shape index (κ1) is 20.4. The Morgan fingerprint density at radius 2 is 1.93 bits per heavy atom. The fourth-order valence-corrected chi connectivity index (χ4v) is 3.67. The van der Waals surface area contributed by atoms with Crippen molar-refractivity contribution in [2.75, 3.05) is 25.0 Å². The van der Waals surface area contributed by atoms with Crippen molar-refractivity contribution in [1.29, 1.82) is 0 Å². The lowest BCUT2D eigenvalue weighted by atomic mass is 9.99. The number of nitrogens with one attached hydrogen (secondary N) is 1. The summed E-state index contributed by atoms with van der Waals surface area (Å²) < 4.78 is 38.8. The molecule has 0 saturated carbocycles. The number of anilines is 1. The van der Waals surface area contributed by atoms with Crippen molar-refractivity contribution in [3.8, 4) is 17.0 Å². The molecule has 1 aromatic carbocycles. The largest absolute Gasteiger partial charge is 0.507 e. The van der Waals surface area contributed by atoms with Gasteiger partial charge in [0, 0.05) is 18.2 Å². The number of phenolic OH excluding ortho intramolecular Hbond substituents is 1. The number of phenols is 1. The third kappa shape index (κ3) is 4.38. The number of aromatic hydroxyl groups is 1. The second-order valence-corrected chi connectivity index (χ2v) is 7.32. The Kier molecular flexibility index (Phi) is 5.79. The van der Waals surface area contributed by atoms with Gasteiger partial charge in [-0.2, -0.15) is 13.2 Å². The van der Waals surface area contributed by atoms with E-state index < -0.39 is 17.5 Å². The predicted molar refractivity (Wildman–Crippen MR) is 102 cm³/mol. The molecule has 0 radical (unpaired) electrons. The maximum Gasteiger partial charge on any atom is 0.416 e. The standard InChI is InChI=1S/C20H25F3N4O/c1-4-27-7-5-6-15(11-27)24-19-13(3)9-16(25-26-19)18-12(2)8-14(10-17(18)28)20(21,22)23/h8-10,15,28H,4-7,11H2,1-3H3,(H,24,26)/t15-/m1/s1. The number of likely N-dealkylation sites (N-methyl/N-ethyl adjacent to an activating group) is 1. The van der Waals surface area contributed by atoms with Gasteiger partial charge < -0.3 is 15.3 Å². The minimum Gasteiger partial charge on any atom is -0.507 e. The van der Waals surface area contributed by atoms with Crippen LogP contribution in [-0.2, 0) is 6.18 Å². The third-order valence-electron chi connectivity index (χ3n) is 5.18. The highest BCUT2D eigenvalue weighted by atomic mass is 19.4. The average Bonchev–Trinajstić information content (AvgIpc) is 2.62. The van der Waals surface area contributed by atoms with E-state index in [2.05, 4.69) is 27.3 Å². The molecule has 2 heterocycles. The Balaban J connectivity index is 1.85. The average molecular weight is 394 g/mol. The highest BCUT2D eigenvalue weighted by Gasteiger charge is 2.32. The molecule has 152 valence electrons. The van der Waals surface area contributed by atoms with Crippen LogP contribution in [0.15, 0.2) is 18.2 Å². The number of alkyl halides is 3. The molecule has 1 aliphatic rings. The second kappa shape index (κ2) is 7.95. The van der Waals surface area contributed by atoms with E-state index in [4.69, 9.17) is 0 Å². The van der Waals surface area contributed by atoms with E-state index in [1.807, 2.05) is 6.92 Å². The summed E-state index contributed by atoms with van der Waals surface area (Å²) in [6, 6.07) is 3.77. The van der Waals surface area contributed by atoms with Crippen LogP contribution in [0.1, 0.15) is 36.5 Å². The van der Waals surface area contributed by atoms with Gasteiger partial charge in [-0.05, 0) is 69.1 Å². The smallest absolute Gasteiger partial charge is 0.416 e. The van der Waals surface area contributed by atoms with Crippen molar-refractivity contribution in [3.05, 3.63) is 34.9 Å². The fraction of sp³-hybridized carbons (Fsp3) is 0.500. The SMILES string of the molecule is CCN1CCC[C@@H](Nc2nnc(-c3c(C)cc(C(F)(F)F)cc3O)cc2C)C1. The van der Waals surface area contributed by atoms with Crippen molar-refractivity contribution in [3.63, 3.8) is 0 Å². The summed E-state index contributed by atoms with van der Waals surface area (Å²) in [4.78, 5) is 2.38. The predicted octanol–water partition coefficient (Wildman–Crippen LogP) is 4.38. The van der Waals surface area contributed by atoms with Crippen LogP contribution in [0, 0.1) is 13.8 Å². The molecule has 0 spiro atoms. The van der Waals surface area contributed by atoms with Gasteiger partial charge in [0.2, 0.25) is 0 Å². The molecular weight excluding hydrogens is 369 g/mol. The summed E-state index contributed by atoms with van der Waals surface area (Å²) in [6.07, 6.45) is -2.34. The molecule has 2 N–H and O–H groups in total. The molecule has 1 aromatic heterocycles. The van der Waals surface area contributed by atoms with Gasteiger partial charge in [-0.3, -0.25) is 0 Å². The summed E-state index contributed by atoms with van der Waals surface area (Å²) in [5.41, 5.74) is 0.868. The van der Waals surface area contributed by atoms with Crippen LogP contribution in [0.4, 0.5) is 19.0 Å². The van der Waals surface area contributed by atoms with E-state index in [9.17, 15) is 18.3 Å². The number of aryl methyl sites for hydroxylation is 2. The van der Waals surface area contributed by atoms with Gasteiger partial charge in [0.25, 0.3) is 0 Å². The van der Waals surface area contributed by atoms with Gasteiger partial charge in [0.15, 0.2) is 5.82 Å². The minimum atomic E-state index is -4.51. The highest BCUT2D eigenvalue weighted by Crippen LogP contribution is 2.38. The summed E-state index contributed by atoms with van der Waals surface area (Å²) in [5, 5.41) is 22.0. The molecule has 1 fully saturated rings. The van der Waals surface area contributed by atoms with Crippen molar-refractivity contribution in [1.82, 2.24) is 15.1 Å². The minimum absolute atomic E-state index is 0.268. The van der Waals surface area contributed by atoms with Gasteiger partial charge in [-0.1, -0.05) is 6.92 Å². The van der Waals surface area contributed by atoms with Crippen molar-refractivity contribution < 1.29 is 18.3 Å². The number of piperidine rings is 1. The van der Waals surface area contributed by atoms with Gasteiger partial charge in [0.1, 0.15) is 5.75 Å². The molecule has 2 aromatic rings. The Morgan fingerprint density at radius 3 is 2.54 bits per heavy atom. The Bertz CT molecular complexity index is 831. The topological polar surface area (TPSA) is 61.3 Å². The third-order valence-corrected chi connectivity index (χ3v) is 5.18. The molecule has 0 aliphatic carbocycles. The maximum atomic E-state index is 12.9. The first-order valence-electron chi connectivity index (χ1n) is 9.43. The van der Waals surface area contributed by atoms with Gasteiger partial charge in [0.05, 0.1) is 11.3 Å².